The SMILES string of the molecule is NC[C@@H](O)c1cc(Cl)cc(Br)c1O. The Kier molecular flexibility index (Phi) is 3.55. The van der Waals surface area contributed by atoms with Crippen LogP contribution in [-0.2, 0) is 0 Å². The standard InChI is InChI=1S/C8H9BrClNO2/c9-6-2-4(10)1-5(8(6)13)7(12)3-11/h1-2,7,12-13H,3,11H2/t7-/m1/s1. The highest BCUT2D eigenvalue weighted by molar-refractivity contribution is 9.10. The van der Waals surface area contributed by atoms with Crippen LogP contribution in [0.15, 0.2) is 16.6 Å². The summed E-state index contributed by atoms with van der Waals surface area (Å²) < 4.78 is 0.447. The molecule has 0 amide bonds. The van der Waals surface area contributed by atoms with Crippen LogP contribution in [0.25, 0.3) is 0 Å². The number of phenols is 1. The van der Waals surface area contributed by atoms with Gasteiger partial charge < -0.3 is 15.9 Å². The molecule has 0 saturated carbocycles. The molecule has 1 aromatic rings. The molecule has 0 radical (unpaired) electrons. The van der Waals surface area contributed by atoms with Gasteiger partial charge in [-0.3, -0.25) is 0 Å². The molecule has 0 heterocycles. The van der Waals surface area contributed by atoms with Crippen LogP contribution in [0.1, 0.15) is 11.7 Å². The van der Waals surface area contributed by atoms with E-state index < -0.39 is 6.10 Å². The maximum absolute atomic E-state index is 9.50. The van der Waals surface area contributed by atoms with Crippen LogP contribution in [0.3, 0.4) is 0 Å². The van der Waals surface area contributed by atoms with Crippen molar-refractivity contribution in [3.63, 3.8) is 0 Å². The van der Waals surface area contributed by atoms with Gasteiger partial charge in [-0.05, 0) is 28.1 Å². The second-order valence-electron chi connectivity index (χ2n) is 2.58. The summed E-state index contributed by atoms with van der Waals surface area (Å²) in [7, 11) is 0. The Hall–Kier alpha value is -0.290. The zero-order valence-electron chi connectivity index (χ0n) is 6.67. The highest BCUT2D eigenvalue weighted by atomic mass is 79.9. The van der Waals surface area contributed by atoms with E-state index in [0.717, 1.165) is 0 Å². The van der Waals surface area contributed by atoms with Crippen molar-refractivity contribution < 1.29 is 10.2 Å². The number of aromatic hydroxyl groups is 1. The quantitative estimate of drug-likeness (QED) is 0.765. The Labute approximate surface area is 89.3 Å². The van der Waals surface area contributed by atoms with E-state index in [-0.39, 0.29) is 12.3 Å². The molecule has 0 spiro atoms. The molecule has 0 bridgehead atoms. The van der Waals surface area contributed by atoms with Gasteiger partial charge in [-0.25, -0.2) is 0 Å². The molecule has 0 fully saturated rings. The largest absolute Gasteiger partial charge is 0.506 e. The van der Waals surface area contributed by atoms with Crippen LogP contribution >= 0.6 is 27.5 Å². The van der Waals surface area contributed by atoms with E-state index in [1.165, 1.54) is 6.07 Å². The van der Waals surface area contributed by atoms with Crippen molar-refractivity contribution >= 4 is 27.5 Å². The Morgan fingerprint density at radius 3 is 2.69 bits per heavy atom. The van der Waals surface area contributed by atoms with Crippen LogP contribution in [0.5, 0.6) is 5.75 Å². The summed E-state index contributed by atoms with van der Waals surface area (Å²) in [6.45, 7) is 0.0420. The summed E-state index contributed by atoms with van der Waals surface area (Å²) in [6, 6.07) is 3.03. The van der Waals surface area contributed by atoms with Gasteiger partial charge in [0, 0.05) is 17.1 Å². The Morgan fingerprint density at radius 2 is 2.15 bits per heavy atom. The minimum atomic E-state index is -0.894. The van der Waals surface area contributed by atoms with Gasteiger partial charge in [0.1, 0.15) is 5.75 Å². The first-order valence-electron chi connectivity index (χ1n) is 3.62. The highest BCUT2D eigenvalue weighted by Gasteiger charge is 2.13. The lowest BCUT2D eigenvalue weighted by molar-refractivity contribution is 0.182. The lowest BCUT2D eigenvalue weighted by Gasteiger charge is -2.11. The number of benzene rings is 1. The fraction of sp³-hybridized carbons (Fsp3) is 0.250. The van der Waals surface area contributed by atoms with Gasteiger partial charge in [-0.15, -0.1) is 0 Å². The number of halogens is 2. The van der Waals surface area contributed by atoms with Crippen molar-refractivity contribution in [2.24, 2.45) is 5.73 Å². The van der Waals surface area contributed by atoms with Gasteiger partial charge in [-0.1, -0.05) is 11.6 Å². The van der Waals surface area contributed by atoms with Crippen LogP contribution in [-0.4, -0.2) is 16.8 Å². The normalized spacial score (nSPS) is 12.9. The Morgan fingerprint density at radius 1 is 1.54 bits per heavy atom. The van der Waals surface area contributed by atoms with E-state index in [1.807, 2.05) is 0 Å². The molecule has 5 heteroatoms. The average Bonchev–Trinajstić information content (AvgIpc) is 2.10. The lowest BCUT2D eigenvalue weighted by atomic mass is 10.1. The van der Waals surface area contributed by atoms with Crippen LogP contribution in [0, 0.1) is 0 Å². The number of rotatable bonds is 2. The summed E-state index contributed by atoms with van der Waals surface area (Å²) in [6.07, 6.45) is -0.894. The molecule has 1 rings (SSSR count). The van der Waals surface area contributed by atoms with Gasteiger partial charge in [0.15, 0.2) is 0 Å². The first-order valence-corrected chi connectivity index (χ1v) is 4.79. The van der Waals surface area contributed by atoms with Crippen LogP contribution < -0.4 is 5.73 Å². The predicted molar refractivity (Wildman–Crippen MR) is 54.8 cm³/mol. The van der Waals surface area contributed by atoms with Gasteiger partial charge >= 0.3 is 0 Å². The monoisotopic (exact) mass is 265 g/mol. The van der Waals surface area contributed by atoms with E-state index >= 15 is 0 Å². The van der Waals surface area contributed by atoms with Crippen LogP contribution in [0.2, 0.25) is 5.02 Å². The van der Waals surface area contributed by atoms with Gasteiger partial charge in [0.05, 0.1) is 10.6 Å². The van der Waals surface area contributed by atoms with E-state index in [0.29, 0.717) is 15.1 Å². The predicted octanol–water partition coefficient (Wildman–Crippen LogP) is 1.80. The lowest BCUT2D eigenvalue weighted by Crippen LogP contribution is -2.11. The molecule has 0 aromatic heterocycles. The first-order chi connectivity index (χ1) is 6.06. The number of nitrogens with two attached hydrogens (primary N) is 1. The summed E-state index contributed by atoms with van der Waals surface area (Å²) >= 11 is 8.84. The summed E-state index contributed by atoms with van der Waals surface area (Å²) in [5.41, 5.74) is 5.59. The number of hydrogen-bond acceptors (Lipinski definition) is 3. The highest BCUT2D eigenvalue weighted by Crippen LogP contribution is 2.34. The van der Waals surface area contributed by atoms with E-state index in [1.54, 1.807) is 6.07 Å². The summed E-state index contributed by atoms with van der Waals surface area (Å²) in [5, 5.41) is 19.3. The number of aliphatic hydroxyl groups is 1. The molecular formula is C8H9BrClNO2. The zero-order valence-corrected chi connectivity index (χ0v) is 9.01. The minimum Gasteiger partial charge on any atom is -0.506 e. The molecule has 0 saturated heterocycles. The second-order valence-corrected chi connectivity index (χ2v) is 3.87. The molecule has 3 nitrogen and oxygen atoms in total. The maximum atomic E-state index is 9.50. The first kappa shape index (κ1) is 10.8. The van der Waals surface area contributed by atoms with Crippen molar-refractivity contribution in [1.29, 1.82) is 0 Å². The van der Waals surface area contributed by atoms with Gasteiger partial charge in [-0.2, -0.15) is 0 Å². The molecule has 72 valence electrons. The van der Waals surface area contributed by atoms with Crippen molar-refractivity contribution in [1.82, 2.24) is 0 Å². The van der Waals surface area contributed by atoms with Crippen molar-refractivity contribution in [3.8, 4) is 5.75 Å². The Balaban J connectivity index is 3.20. The van der Waals surface area contributed by atoms with Gasteiger partial charge in [0.2, 0.25) is 0 Å². The molecule has 0 aliphatic carbocycles. The zero-order chi connectivity index (χ0) is 10.0. The average molecular weight is 267 g/mol. The second kappa shape index (κ2) is 4.28. The summed E-state index contributed by atoms with van der Waals surface area (Å²) in [4.78, 5) is 0. The molecule has 0 aliphatic rings. The molecule has 0 unspecified atom stereocenters. The van der Waals surface area contributed by atoms with Gasteiger partial charge in [0.25, 0.3) is 0 Å². The third-order valence-electron chi connectivity index (χ3n) is 1.64. The van der Waals surface area contributed by atoms with E-state index in [9.17, 15) is 10.2 Å². The van der Waals surface area contributed by atoms with E-state index in [4.69, 9.17) is 17.3 Å². The summed E-state index contributed by atoms with van der Waals surface area (Å²) in [5.74, 6) is -0.0256. The minimum absolute atomic E-state index is 0.0256. The van der Waals surface area contributed by atoms with E-state index in [2.05, 4.69) is 15.9 Å². The van der Waals surface area contributed by atoms with Crippen molar-refractivity contribution in [3.05, 3.63) is 27.2 Å². The number of hydrogen-bond donors (Lipinski definition) is 3. The molecular weight excluding hydrogens is 257 g/mol. The third kappa shape index (κ3) is 2.34. The van der Waals surface area contributed by atoms with Crippen LogP contribution in [0.4, 0.5) is 0 Å². The smallest absolute Gasteiger partial charge is 0.135 e. The molecule has 13 heavy (non-hydrogen) atoms. The van der Waals surface area contributed by atoms with Crippen molar-refractivity contribution in [2.45, 2.75) is 6.10 Å². The third-order valence-corrected chi connectivity index (χ3v) is 2.46. The fourth-order valence-electron chi connectivity index (χ4n) is 0.967. The number of phenolic OH excluding ortho intramolecular Hbond substituents is 1. The Bertz CT molecular complexity index is 319. The fourth-order valence-corrected chi connectivity index (χ4v) is 1.80. The molecule has 0 aliphatic heterocycles. The maximum Gasteiger partial charge on any atom is 0.135 e. The molecule has 4 N–H and O–H groups in total. The molecule has 1 aromatic carbocycles. The van der Waals surface area contributed by atoms with Crippen molar-refractivity contribution in [2.75, 3.05) is 6.54 Å². The number of aliphatic hydroxyl groups excluding tert-OH is 1. The molecule has 1 atom stereocenters. The topological polar surface area (TPSA) is 66.5 Å².